The maximum Gasteiger partial charge on any atom is 0.255 e. The lowest BCUT2D eigenvalue weighted by Gasteiger charge is -2.29. The highest BCUT2D eigenvalue weighted by Gasteiger charge is 2.39. The number of carbonyl (C=O) groups is 3. The Morgan fingerprint density at radius 3 is 2.88 bits per heavy atom. The van der Waals surface area contributed by atoms with Gasteiger partial charge in [-0.3, -0.25) is 19.7 Å². The molecule has 1 aromatic rings. The Bertz CT molecular complexity index is 770. The van der Waals surface area contributed by atoms with Gasteiger partial charge in [-0.1, -0.05) is 12.1 Å². The van der Waals surface area contributed by atoms with Crippen LogP contribution in [-0.4, -0.2) is 47.3 Å². The zero-order chi connectivity index (χ0) is 18.3. The molecule has 3 aliphatic rings. The van der Waals surface area contributed by atoms with Gasteiger partial charge < -0.3 is 15.5 Å². The molecule has 3 amide bonds. The average Bonchev–Trinajstić information content (AvgIpc) is 3.18. The smallest absolute Gasteiger partial charge is 0.255 e. The third-order valence-electron chi connectivity index (χ3n) is 5.68. The second-order valence-corrected chi connectivity index (χ2v) is 7.73. The second kappa shape index (κ2) is 6.48. The summed E-state index contributed by atoms with van der Waals surface area (Å²) in [6.45, 7) is 5.38. The molecule has 3 N–H and O–H groups in total. The van der Waals surface area contributed by atoms with Crippen molar-refractivity contribution in [1.82, 2.24) is 20.9 Å². The van der Waals surface area contributed by atoms with Crippen molar-refractivity contribution in [3.63, 3.8) is 0 Å². The highest BCUT2D eigenvalue weighted by molar-refractivity contribution is 6.05. The van der Waals surface area contributed by atoms with Crippen molar-refractivity contribution >= 4 is 17.7 Å². The molecule has 138 valence electrons. The zero-order valence-electron chi connectivity index (χ0n) is 14.9. The number of piperidine rings is 1. The summed E-state index contributed by atoms with van der Waals surface area (Å²) in [4.78, 5) is 37.7. The molecule has 0 aromatic heterocycles. The second-order valence-electron chi connectivity index (χ2n) is 7.73. The van der Waals surface area contributed by atoms with Gasteiger partial charge in [0.1, 0.15) is 6.04 Å². The fraction of sp³-hybridized carbons (Fsp3) is 0.526. The number of hydrogen-bond acceptors (Lipinski definition) is 5. The van der Waals surface area contributed by atoms with E-state index in [9.17, 15) is 14.4 Å². The molecule has 7 heteroatoms. The van der Waals surface area contributed by atoms with E-state index in [4.69, 9.17) is 0 Å². The van der Waals surface area contributed by atoms with Crippen molar-refractivity contribution < 1.29 is 14.4 Å². The minimum Gasteiger partial charge on any atom is -0.322 e. The van der Waals surface area contributed by atoms with Crippen LogP contribution < -0.4 is 16.0 Å². The molecule has 2 saturated heterocycles. The quantitative estimate of drug-likeness (QED) is 0.675. The first-order valence-electron chi connectivity index (χ1n) is 9.17. The van der Waals surface area contributed by atoms with Crippen LogP contribution in [0.25, 0.3) is 0 Å². The number of nitrogens with zero attached hydrogens (tertiary/aromatic N) is 1. The van der Waals surface area contributed by atoms with Crippen LogP contribution in [0.15, 0.2) is 18.2 Å². The summed E-state index contributed by atoms with van der Waals surface area (Å²) in [6, 6.07) is 5.33. The van der Waals surface area contributed by atoms with Gasteiger partial charge in [-0.05, 0) is 43.5 Å². The van der Waals surface area contributed by atoms with Crippen molar-refractivity contribution in [3.05, 3.63) is 34.9 Å². The van der Waals surface area contributed by atoms with Crippen LogP contribution in [0.4, 0.5) is 0 Å². The van der Waals surface area contributed by atoms with E-state index >= 15 is 0 Å². The van der Waals surface area contributed by atoms with Gasteiger partial charge in [0.05, 0.1) is 0 Å². The number of rotatable bonds is 4. The Morgan fingerprint density at radius 1 is 1.31 bits per heavy atom. The molecule has 3 aliphatic heterocycles. The first-order chi connectivity index (χ1) is 12.5. The largest absolute Gasteiger partial charge is 0.322 e. The highest BCUT2D eigenvalue weighted by atomic mass is 16.2. The molecule has 2 fully saturated rings. The van der Waals surface area contributed by atoms with E-state index in [1.165, 1.54) is 0 Å². The average molecular weight is 356 g/mol. The standard InChI is InChI=1S/C19H24N4O3/c1-19(6-7-20-11-19)21-9-12-2-3-14-13(8-12)10-23(18(14)26)15-4-5-16(24)22-17(15)25/h2-3,8,15,20-21H,4-7,9-11H2,1H3,(H,22,24,25)/t15?,19-/m0/s1. The normalized spacial score (nSPS) is 28.4. The van der Waals surface area contributed by atoms with Crippen LogP contribution in [0.3, 0.4) is 0 Å². The fourth-order valence-corrected chi connectivity index (χ4v) is 4.02. The van der Waals surface area contributed by atoms with Gasteiger partial charge in [0, 0.05) is 37.2 Å². The molecular formula is C19H24N4O3. The number of fused-ring (bicyclic) bond motifs is 1. The molecular weight excluding hydrogens is 332 g/mol. The van der Waals surface area contributed by atoms with E-state index in [-0.39, 0.29) is 29.7 Å². The summed E-state index contributed by atoms with van der Waals surface area (Å²) in [5.41, 5.74) is 2.85. The summed E-state index contributed by atoms with van der Waals surface area (Å²) in [6.07, 6.45) is 1.77. The molecule has 26 heavy (non-hydrogen) atoms. The van der Waals surface area contributed by atoms with E-state index in [1.807, 2.05) is 12.1 Å². The minimum atomic E-state index is -0.558. The summed E-state index contributed by atoms with van der Waals surface area (Å²) >= 11 is 0. The van der Waals surface area contributed by atoms with Crippen molar-refractivity contribution in [2.24, 2.45) is 0 Å². The molecule has 2 atom stereocenters. The van der Waals surface area contributed by atoms with Crippen LogP contribution in [0.1, 0.15) is 47.7 Å². The molecule has 0 aliphatic carbocycles. The molecule has 0 radical (unpaired) electrons. The maximum atomic E-state index is 12.7. The summed E-state index contributed by atoms with van der Waals surface area (Å²) in [5, 5.41) is 9.30. The van der Waals surface area contributed by atoms with Gasteiger partial charge in [0.15, 0.2) is 0 Å². The summed E-state index contributed by atoms with van der Waals surface area (Å²) < 4.78 is 0. The lowest BCUT2D eigenvalue weighted by molar-refractivity contribution is -0.136. The summed E-state index contributed by atoms with van der Waals surface area (Å²) in [5.74, 6) is -0.759. The van der Waals surface area contributed by atoms with Gasteiger partial charge in [0.25, 0.3) is 5.91 Å². The Balaban J connectivity index is 1.46. The van der Waals surface area contributed by atoms with Gasteiger partial charge in [-0.2, -0.15) is 0 Å². The van der Waals surface area contributed by atoms with E-state index in [1.54, 1.807) is 4.90 Å². The number of imide groups is 1. The van der Waals surface area contributed by atoms with Crippen molar-refractivity contribution in [1.29, 1.82) is 0 Å². The first kappa shape index (κ1) is 17.2. The topological polar surface area (TPSA) is 90.5 Å². The number of hydrogen-bond donors (Lipinski definition) is 3. The zero-order valence-corrected chi connectivity index (χ0v) is 14.9. The van der Waals surface area contributed by atoms with Crippen LogP contribution >= 0.6 is 0 Å². The molecule has 7 nitrogen and oxygen atoms in total. The van der Waals surface area contributed by atoms with E-state index < -0.39 is 6.04 Å². The molecule has 1 aromatic carbocycles. The van der Waals surface area contributed by atoms with E-state index in [2.05, 4.69) is 28.9 Å². The fourth-order valence-electron chi connectivity index (χ4n) is 4.02. The Morgan fingerprint density at radius 2 is 2.15 bits per heavy atom. The van der Waals surface area contributed by atoms with Crippen LogP contribution in [0, 0.1) is 0 Å². The molecule has 4 rings (SSSR count). The highest BCUT2D eigenvalue weighted by Crippen LogP contribution is 2.28. The Kier molecular flexibility index (Phi) is 4.28. The SMILES string of the molecule is C[C@]1(NCc2ccc3c(c2)CN(C2CCC(=O)NC2=O)C3=O)CCNC1. The lowest BCUT2D eigenvalue weighted by atomic mass is 10.0. The van der Waals surface area contributed by atoms with Crippen molar-refractivity contribution in [2.45, 2.75) is 50.9 Å². The van der Waals surface area contributed by atoms with Crippen LogP contribution in [0.2, 0.25) is 0 Å². The van der Waals surface area contributed by atoms with E-state index in [0.717, 1.165) is 37.2 Å². The Hall–Kier alpha value is -2.25. The third kappa shape index (κ3) is 3.12. The third-order valence-corrected chi connectivity index (χ3v) is 5.68. The number of amides is 3. The van der Waals surface area contributed by atoms with Gasteiger partial charge in [-0.25, -0.2) is 0 Å². The molecule has 0 spiro atoms. The Labute approximate surface area is 152 Å². The molecule has 1 unspecified atom stereocenters. The number of carbonyl (C=O) groups excluding carboxylic acids is 3. The monoisotopic (exact) mass is 356 g/mol. The maximum absolute atomic E-state index is 12.7. The molecule has 3 heterocycles. The lowest BCUT2D eigenvalue weighted by Crippen LogP contribution is -2.52. The van der Waals surface area contributed by atoms with Gasteiger partial charge in [-0.15, -0.1) is 0 Å². The van der Waals surface area contributed by atoms with E-state index in [0.29, 0.717) is 18.5 Å². The van der Waals surface area contributed by atoms with Crippen LogP contribution in [-0.2, 0) is 22.7 Å². The van der Waals surface area contributed by atoms with Crippen molar-refractivity contribution in [2.75, 3.05) is 13.1 Å². The summed E-state index contributed by atoms with van der Waals surface area (Å²) in [7, 11) is 0. The van der Waals surface area contributed by atoms with Crippen LogP contribution in [0.5, 0.6) is 0 Å². The molecule has 0 bridgehead atoms. The predicted octanol–water partition coefficient (Wildman–Crippen LogP) is 0.289. The number of nitrogens with one attached hydrogen (secondary N) is 3. The van der Waals surface area contributed by atoms with Crippen molar-refractivity contribution in [3.8, 4) is 0 Å². The first-order valence-corrected chi connectivity index (χ1v) is 9.17. The molecule has 0 saturated carbocycles. The predicted molar refractivity (Wildman–Crippen MR) is 95.2 cm³/mol. The van der Waals surface area contributed by atoms with Gasteiger partial charge in [0.2, 0.25) is 11.8 Å². The number of benzene rings is 1. The minimum absolute atomic E-state index is 0.105. The van der Waals surface area contributed by atoms with Gasteiger partial charge >= 0.3 is 0 Å².